The van der Waals surface area contributed by atoms with E-state index < -0.39 is 73.5 Å². The molecule has 43 heavy (non-hydrogen) atoms. The van der Waals surface area contributed by atoms with E-state index in [9.17, 15) is 29.2 Å². The van der Waals surface area contributed by atoms with E-state index in [0.717, 1.165) is 4.90 Å². The minimum atomic E-state index is -4.05. The molecule has 238 valence electrons. The van der Waals surface area contributed by atoms with Crippen molar-refractivity contribution in [1.82, 2.24) is 34.8 Å². The summed E-state index contributed by atoms with van der Waals surface area (Å²) in [7, 11) is 2.68. The summed E-state index contributed by atoms with van der Waals surface area (Å²) in [5.41, 5.74) is 4.27. The summed E-state index contributed by atoms with van der Waals surface area (Å²) in [5, 5.41) is 27.4. The second kappa shape index (κ2) is 12.5. The predicted molar refractivity (Wildman–Crippen MR) is 152 cm³/mol. The van der Waals surface area contributed by atoms with E-state index >= 15 is 0 Å². The van der Waals surface area contributed by atoms with Crippen LogP contribution in [0.2, 0.25) is 0 Å². The van der Waals surface area contributed by atoms with Gasteiger partial charge in [0.25, 0.3) is 5.91 Å². The van der Waals surface area contributed by atoms with Crippen LogP contribution in [0.25, 0.3) is 11.2 Å². The third-order valence-corrected chi connectivity index (χ3v) is 10.8. The monoisotopic (exact) mass is 646 g/mol. The maximum absolute atomic E-state index is 14.0. The summed E-state index contributed by atoms with van der Waals surface area (Å²) in [4.78, 5) is 49.9. The zero-order valence-corrected chi connectivity index (χ0v) is 26.0. The summed E-state index contributed by atoms with van der Waals surface area (Å²) in [5.74, 6) is -1.42. The number of methoxy groups -OCH3 is 1. The molecule has 0 saturated carbocycles. The van der Waals surface area contributed by atoms with Gasteiger partial charge in [-0.05, 0) is 27.7 Å². The minimum Gasteiger partial charge on any atom is -0.479 e. The van der Waals surface area contributed by atoms with Crippen molar-refractivity contribution in [2.75, 3.05) is 32.3 Å². The molecule has 18 nitrogen and oxygen atoms in total. The first-order chi connectivity index (χ1) is 20.1. The summed E-state index contributed by atoms with van der Waals surface area (Å²) < 4.78 is 37.4. The number of esters is 1. The zero-order valence-electron chi connectivity index (χ0n) is 24.3. The average Bonchev–Trinajstić information content (AvgIpc) is 3.53. The molecule has 2 aliphatic heterocycles. The Hall–Kier alpha value is -3.06. The molecule has 0 spiro atoms. The van der Waals surface area contributed by atoms with Crippen molar-refractivity contribution in [3.63, 3.8) is 0 Å². The molecule has 4 rings (SSSR count). The molecule has 0 bridgehead atoms. The smallest absolute Gasteiger partial charge is 0.327 e. The molecule has 2 aliphatic rings. The first-order valence-electron chi connectivity index (χ1n) is 13.1. The molecule has 7 atom stereocenters. The van der Waals surface area contributed by atoms with Crippen LogP contribution in [-0.2, 0) is 28.2 Å². The predicted octanol–water partition coefficient (Wildman–Crippen LogP) is -0.236. The number of nitrogens with one attached hydrogen (secondary N) is 2. The van der Waals surface area contributed by atoms with Gasteiger partial charge in [0.05, 0.1) is 26.1 Å². The number of aromatic nitrogens is 4. The molecular weight excluding hydrogens is 611 g/mol. The highest BCUT2D eigenvalue weighted by Crippen LogP contribution is 2.57. The average molecular weight is 647 g/mol. The van der Waals surface area contributed by atoms with Gasteiger partial charge in [0.2, 0.25) is 11.8 Å². The number of nitrogen functional groups attached to an aromatic ring is 1. The van der Waals surface area contributed by atoms with Crippen LogP contribution in [-0.4, -0.2) is 115 Å². The molecule has 2 aromatic rings. The van der Waals surface area contributed by atoms with Crippen LogP contribution in [0, 0.1) is 0 Å². The molecule has 0 radical (unpaired) electrons. The van der Waals surface area contributed by atoms with E-state index in [1.54, 1.807) is 13.8 Å². The SMILES string of the molecule is COc1nc(N)nc2c1ncn2[C@@H]1O[C@H](COP(=O)(N[C@H](C)C(=O)OC(C)C)SC[C@@H]2NC(=O)N(C)C2=O)[C@@H](O)[C@@]1(C)O. The van der Waals surface area contributed by atoms with E-state index in [4.69, 9.17) is 24.5 Å². The first-order valence-corrected chi connectivity index (χ1v) is 16.3. The number of carbonyl (C=O) groups is 3. The van der Waals surface area contributed by atoms with Crippen LogP contribution in [0.15, 0.2) is 6.33 Å². The Morgan fingerprint density at radius 3 is 2.65 bits per heavy atom. The number of aliphatic hydroxyl groups excluding tert-OH is 1. The van der Waals surface area contributed by atoms with Gasteiger partial charge in [0.1, 0.15) is 29.9 Å². The van der Waals surface area contributed by atoms with Gasteiger partial charge in [-0.3, -0.25) is 23.6 Å². The van der Waals surface area contributed by atoms with Crippen LogP contribution in [0.5, 0.6) is 5.88 Å². The second-order valence-corrected chi connectivity index (χ2v) is 14.8. The molecule has 0 aromatic carbocycles. The van der Waals surface area contributed by atoms with Crippen molar-refractivity contribution >= 4 is 53.1 Å². The van der Waals surface area contributed by atoms with Crippen LogP contribution in [0.1, 0.15) is 33.9 Å². The van der Waals surface area contributed by atoms with Gasteiger partial charge in [-0.1, -0.05) is 11.4 Å². The summed E-state index contributed by atoms with van der Waals surface area (Å²) >= 11 is 0.677. The number of rotatable bonds is 12. The lowest BCUT2D eigenvalue weighted by Gasteiger charge is -2.27. The normalized spacial score (nSPS) is 27.9. The number of hydrogen-bond acceptors (Lipinski definition) is 15. The fraction of sp³-hybridized carbons (Fsp3) is 0.652. The number of imide groups is 1. The quantitative estimate of drug-likeness (QED) is 0.114. The lowest BCUT2D eigenvalue weighted by atomic mass is 9.96. The molecular formula is C23H35N8O10PS. The summed E-state index contributed by atoms with van der Waals surface area (Å²) in [6.45, 7) is 1.49. The molecule has 20 heteroatoms. The zero-order chi connectivity index (χ0) is 31.9. The van der Waals surface area contributed by atoms with E-state index in [1.807, 2.05) is 0 Å². The summed E-state index contributed by atoms with van der Waals surface area (Å²) in [6, 6.07) is -2.70. The Labute approximate surface area is 250 Å². The van der Waals surface area contributed by atoms with Gasteiger partial charge >= 0.3 is 18.7 Å². The molecule has 1 unspecified atom stereocenters. The topological polar surface area (TPSA) is 243 Å². The van der Waals surface area contributed by atoms with Gasteiger partial charge in [-0.15, -0.1) is 0 Å². The number of carbonyl (C=O) groups excluding carboxylic acids is 3. The number of amides is 3. The van der Waals surface area contributed by atoms with E-state index in [0.29, 0.717) is 11.4 Å². The molecule has 3 amide bonds. The molecule has 2 aromatic heterocycles. The number of nitrogens with zero attached hydrogens (tertiary/aromatic N) is 5. The van der Waals surface area contributed by atoms with Crippen molar-refractivity contribution in [1.29, 1.82) is 0 Å². The highest BCUT2D eigenvalue weighted by atomic mass is 32.7. The van der Waals surface area contributed by atoms with Gasteiger partial charge in [-0.25, -0.2) is 14.9 Å². The number of imidazole rings is 1. The Morgan fingerprint density at radius 2 is 2.05 bits per heavy atom. The van der Waals surface area contributed by atoms with Crippen molar-refractivity contribution in [2.45, 2.75) is 69.9 Å². The van der Waals surface area contributed by atoms with Crippen molar-refractivity contribution < 1.29 is 47.9 Å². The first kappa shape index (κ1) is 32.8. The highest BCUT2D eigenvalue weighted by Gasteiger charge is 2.54. The molecule has 4 heterocycles. The molecule has 2 fully saturated rings. The minimum absolute atomic E-state index is 0.0941. The van der Waals surface area contributed by atoms with E-state index in [1.165, 1.54) is 38.9 Å². The van der Waals surface area contributed by atoms with Gasteiger partial charge in [-0.2, -0.15) is 9.97 Å². The maximum atomic E-state index is 14.0. The number of aliphatic hydroxyl groups is 2. The van der Waals surface area contributed by atoms with Crippen LogP contribution in [0.4, 0.5) is 10.7 Å². The lowest BCUT2D eigenvalue weighted by molar-refractivity contribution is -0.149. The third-order valence-electron chi connectivity index (χ3n) is 6.72. The van der Waals surface area contributed by atoms with Crippen molar-refractivity contribution in [2.24, 2.45) is 0 Å². The number of hydrogen-bond donors (Lipinski definition) is 5. The Bertz CT molecular complexity index is 1440. The second-order valence-electron chi connectivity index (χ2n) is 10.4. The van der Waals surface area contributed by atoms with Gasteiger partial charge in [0.15, 0.2) is 17.4 Å². The number of fused-ring (bicyclic) bond motifs is 1. The number of anilines is 1. The van der Waals surface area contributed by atoms with Crippen molar-refractivity contribution in [3.8, 4) is 5.88 Å². The van der Waals surface area contributed by atoms with Crippen molar-refractivity contribution in [3.05, 3.63) is 6.33 Å². The number of ether oxygens (including phenoxy) is 3. The standard InChI is InChI=1S/C23H35N8O10PS/c1-10(2)40-19(34)11(3)29-42(37,43-8-12-18(33)30(5)22(35)26-12)39-7-13-15(32)23(4,36)20(41-13)31-9-25-14-16(31)27-21(24)28-17(14)38-6/h9-13,15,20,32,36H,7-8H2,1-6H3,(H,26,35)(H,29,37)(H2,24,27,28)/t11-,12+,13-,15-,20-,23-,42?/m1/s1. The lowest BCUT2D eigenvalue weighted by Crippen LogP contribution is -2.44. The fourth-order valence-corrected chi connectivity index (χ4v) is 8.29. The molecule has 6 N–H and O–H groups in total. The van der Waals surface area contributed by atoms with E-state index in [-0.39, 0.29) is 28.7 Å². The largest absolute Gasteiger partial charge is 0.479 e. The highest BCUT2D eigenvalue weighted by molar-refractivity contribution is 8.56. The number of urea groups is 1. The number of likely N-dealkylation sites (N-methyl/N-ethyl adjacent to an activating group) is 1. The number of nitrogens with two attached hydrogens (primary N) is 1. The Kier molecular flexibility index (Phi) is 9.55. The van der Waals surface area contributed by atoms with Crippen LogP contribution >= 0.6 is 18.1 Å². The van der Waals surface area contributed by atoms with Crippen LogP contribution < -0.4 is 20.9 Å². The Balaban J connectivity index is 1.53. The van der Waals surface area contributed by atoms with Gasteiger partial charge in [0, 0.05) is 12.8 Å². The van der Waals surface area contributed by atoms with E-state index in [2.05, 4.69) is 25.4 Å². The summed E-state index contributed by atoms with van der Waals surface area (Å²) in [6.07, 6.45) is -3.16. The third kappa shape index (κ3) is 6.72. The van der Waals surface area contributed by atoms with Crippen LogP contribution in [0.3, 0.4) is 0 Å². The molecule has 0 aliphatic carbocycles. The molecule has 2 saturated heterocycles. The van der Waals surface area contributed by atoms with Gasteiger partial charge < -0.3 is 40.0 Å². The Morgan fingerprint density at radius 1 is 1.35 bits per heavy atom. The maximum Gasteiger partial charge on any atom is 0.327 e. The fourth-order valence-electron chi connectivity index (χ4n) is 4.43.